The van der Waals surface area contributed by atoms with Crippen LogP contribution >= 0.6 is 15.9 Å². The lowest BCUT2D eigenvalue weighted by Gasteiger charge is -2.04. The molecule has 1 aromatic carbocycles. The summed E-state index contributed by atoms with van der Waals surface area (Å²) in [6.45, 7) is 0.444. The number of benzene rings is 1. The van der Waals surface area contributed by atoms with Gasteiger partial charge in [-0.1, -0.05) is 0 Å². The highest BCUT2D eigenvalue weighted by Crippen LogP contribution is 2.41. The minimum absolute atomic E-state index is 0.192. The Kier molecular flexibility index (Phi) is 1.73. The molecule has 4 heteroatoms. The molecule has 1 aliphatic rings. The number of phenolic OH excluding ortho intramolecular Hbond substituents is 1. The smallest absolute Gasteiger partial charge is 0.138 e. The fraction of sp³-hybridized carbons (Fsp3) is 0.250. The second-order valence-electron chi connectivity index (χ2n) is 2.73. The Balaban J connectivity index is 2.63. The maximum atomic E-state index is 9.58. The molecule has 0 fully saturated rings. The minimum Gasteiger partial charge on any atom is -0.506 e. The molecule has 0 spiro atoms. The Morgan fingerprint density at radius 1 is 1.58 bits per heavy atom. The van der Waals surface area contributed by atoms with Crippen molar-refractivity contribution in [3.63, 3.8) is 0 Å². The summed E-state index contributed by atoms with van der Waals surface area (Å²) in [5.74, 6) is 0.876. The van der Waals surface area contributed by atoms with Crippen LogP contribution in [-0.2, 0) is 0 Å². The Hall–Kier alpha value is -0.740. The number of nitrogens with two attached hydrogens (primary N) is 1. The van der Waals surface area contributed by atoms with Crippen LogP contribution in [-0.4, -0.2) is 11.7 Å². The first-order chi connectivity index (χ1) is 5.70. The van der Waals surface area contributed by atoms with Crippen LogP contribution in [0.2, 0.25) is 0 Å². The van der Waals surface area contributed by atoms with E-state index in [1.807, 2.05) is 0 Å². The zero-order valence-corrected chi connectivity index (χ0v) is 7.84. The Bertz CT molecular complexity index is 327. The number of rotatable bonds is 0. The molecule has 64 valence electrons. The minimum atomic E-state index is -0.211. The molecule has 0 unspecified atom stereocenters. The molecule has 1 aromatic rings. The van der Waals surface area contributed by atoms with Gasteiger partial charge in [0.1, 0.15) is 18.1 Å². The van der Waals surface area contributed by atoms with E-state index in [1.54, 1.807) is 12.1 Å². The third-order valence-electron chi connectivity index (χ3n) is 1.92. The molecule has 3 nitrogen and oxygen atoms in total. The highest BCUT2D eigenvalue weighted by Gasteiger charge is 2.25. The molecule has 1 aliphatic heterocycles. The summed E-state index contributed by atoms with van der Waals surface area (Å²) in [7, 11) is 0. The zero-order valence-electron chi connectivity index (χ0n) is 6.25. The van der Waals surface area contributed by atoms with Crippen LogP contribution in [0, 0.1) is 0 Å². The summed E-state index contributed by atoms with van der Waals surface area (Å²) in [5, 5.41) is 9.58. The van der Waals surface area contributed by atoms with Gasteiger partial charge >= 0.3 is 0 Å². The monoisotopic (exact) mass is 229 g/mol. The number of phenols is 1. The predicted molar refractivity (Wildman–Crippen MR) is 48.2 cm³/mol. The summed E-state index contributed by atoms with van der Waals surface area (Å²) in [6.07, 6.45) is 0. The quantitative estimate of drug-likeness (QED) is 0.710. The van der Waals surface area contributed by atoms with Crippen LogP contribution in [0.25, 0.3) is 0 Å². The molecule has 0 saturated heterocycles. The second kappa shape index (κ2) is 2.64. The zero-order chi connectivity index (χ0) is 8.72. The van der Waals surface area contributed by atoms with Crippen molar-refractivity contribution in [2.24, 2.45) is 5.73 Å². The van der Waals surface area contributed by atoms with E-state index in [4.69, 9.17) is 10.5 Å². The number of halogens is 1. The average Bonchev–Trinajstić information content (AvgIpc) is 2.41. The molecular formula is C8H8BrNO2. The number of ether oxygens (including phenoxy) is 1. The molecule has 0 aliphatic carbocycles. The van der Waals surface area contributed by atoms with Crippen molar-refractivity contribution < 1.29 is 9.84 Å². The fourth-order valence-corrected chi connectivity index (χ4v) is 1.66. The summed E-state index contributed by atoms with van der Waals surface area (Å²) >= 11 is 3.22. The van der Waals surface area contributed by atoms with Crippen LogP contribution in [0.3, 0.4) is 0 Å². The maximum Gasteiger partial charge on any atom is 0.138 e. The predicted octanol–water partition coefficient (Wildman–Crippen LogP) is 1.55. The number of hydrogen-bond donors (Lipinski definition) is 2. The molecule has 3 N–H and O–H groups in total. The van der Waals surface area contributed by atoms with E-state index in [9.17, 15) is 5.11 Å². The summed E-state index contributed by atoms with van der Waals surface area (Å²) in [5.41, 5.74) is 6.41. The van der Waals surface area contributed by atoms with Crippen molar-refractivity contribution in [2.45, 2.75) is 6.04 Å². The van der Waals surface area contributed by atoms with Crippen LogP contribution in [0.15, 0.2) is 16.6 Å². The largest absolute Gasteiger partial charge is 0.506 e. The van der Waals surface area contributed by atoms with Gasteiger partial charge in [0.2, 0.25) is 0 Å². The molecule has 0 amide bonds. The highest BCUT2D eigenvalue weighted by atomic mass is 79.9. The molecule has 12 heavy (non-hydrogen) atoms. The molecule has 0 saturated carbocycles. The third kappa shape index (κ3) is 0.990. The Labute approximate surface area is 78.3 Å². The number of hydrogen-bond acceptors (Lipinski definition) is 3. The van der Waals surface area contributed by atoms with Gasteiger partial charge in [0.05, 0.1) is 16.1 Å². The van der Waals surface area contributed by atoms with E-state index in [-0.39, 0.29) is 11.8 Å². The molecule has 2 rings (SSSR count). The SMILES string of the molecule is N[C@H]1COc2ccc(Br)c(O)c21. The summed E-state index contributed by atoms with van der Waals surface area (Å²) < 4.78 is 5.90. The van der Waals surface area contributed by atoms with E-state index < -0.39 is 0 Å². The Morgan fingerprint density at radius 2 is 2.33 bits per heavy atom. The molecule has 1 atom stereocenters. The van der Waals surface area contributed by atoms with Gasteiger partial charge in [-0.2, -0.15) is 0 Å². The van der Waals surface area contributed by atoms with Gasteiger partial charge in [-0.3, -0.25) is 0 Å². The van der Waals surface area contributed by atoms with Crippen molar-refractivity contribution in [2.75, 3.05) is 6.61 Å². The second-order valence-corrected chi connectivity index (χ2v) is 3.58. The fourth-order valence-electron chi connectivity index (χ4n) is 1.31. The normalized spacial score (nSPS) is 20.3. The van der Waals surface area contributed by atoms with Crippen LogP contribution in [0.4, 0.5) is 0 Å². The van der Waals surface area contributed by atoms with Gasteiger partial charge in [0.25, 0.3) is 0 Å². The van der Waals surface area contributed by atoms with E-state index in [1.165, 1.54) is 0 Å². The molecule has 0 aromatic heterocycles. The van der Waals surface area contributed by atoms with Crippen molar-refractivity contribution in [3.05, 3.63) is 22.2 Å². The van der Waals surface area contributed by atoms with Gasteiger partial charge in [0, 0.05) is 0 Å². The van der Waals surface area contributed by atoms with Crippen molar-refractivity contribution >= 4 is 15.9 Å². The molecule has 0 bridgehead atoms. The maximum absolute atomic E-state index is 9.58. The van der Waals surface area contributed by atoms with Gasteiger partial charge in [-0.15, -0.1) is 0 Å². The lowest BCUT2D eigenvalue weighted by Crippen LogP contribution is -2.10. The van der Waals surface area contributed by atoms with E-state index in [0.29, 0.717) is 22.4 Å². The van der Waals surface area contributed by atoms with Crippen LogP contribution < -0.4 is 10.5 Å². The number of aromatic hydroxyl groups is 1. The first kappa shape index (κ1) is 7.89. The summed E-state index contributed by atoms with van der Waals surface area (Å²) in [4.78, 5) is 0. The lowest BCUT2D eigenvalue weighted by molar-refractivity contribution is 0.333. The summed E-state index contributed by atoms with van der Waals surface area (Å²) in [6, 6.07) is 3.33. The van der Waals surface area contributed by atoms with E-state index in [2.05, 4.69) is 15.9 Å². The highest BCUT2D eigenvalue weighted by molar-refractivity contribution is 9.10. The van der Waals surface area contributed by atoms with Gasteiger partial charge in [-0.05, 0) is 28.1 Å². The van der Waals surface area contributed by atoms with Crippen molar-refractivity contribution in [1.82, 2.24) is 0 Å². The Morgan fingerprint density at radius 3 is 3.08 bits per heavy atom. The van der Waals surface area contributed by atoms with Crippen molar-refractivity contribution in [1.29, 1.82) is 0 Å². The first-order valence-electron chi connectivity index (χ1n) is 3.60. The van der Waals surface area contributed by atoms with Gasteiger partial charge in [-0.25, -0.2) is 0 Å². The molecule has 0 radical (unpaired) electrons. The first-order valence-corrected chi connectivity index (χ1v) is 4.39. The molecule has 1 heterocycles. The van der Waals surface area contributed by atoms with E-state index in [0.717, 1.165) is 0 Å². The standard InChI is InChI=1S/C8H8BrNO2/c9-4-1-2-6-7(8(4)11)5(10)3-12-6/h1-2,5,11H,3,10H2/t5-/m0/s1. The molecular weight excluding hydrogens is 222 g/mol. The third-order valence-corrected chi connectivity index (χ3v) is 2.56. The number of fused-ring (bicyclic) bond motifs is 1. The van der Waals surface area contributed by atoms with Gasteiger partial charge < -0.3 is 15.6 Å². The van der Waals surface area contributed by atoms with Crippen LogP contribution in [0.1, 0.15) is 11.6 Å². The van der Waals surface area contributed by atoms with Crippen LogP contribution in [0.5, 0.6) is 11.5 Å². The van der Waals surface area contributed by atoms with Crippen molar-refractivity contribution in [3.8, 4) is 11.5 Å². The average molecular weight is 230 g/mol. The van der Waals surface area contributed by atoms with E-state index >= 15 is 0 Å². The lowest BCUT2D eigenvalue weighted by atomic mass is 10.1. The van der Waals surface area contributed by atoms with Gasteiger partial charge in [0.15, 0.2) is 0 Å². The topological polar surface area (TPSA) is 55.5 Å².